The Hall–Kier alpha value is -0.990. The van der Waals surface area contributed by atoms with E-state index in [9.17, 15) is 0 Å². The van der Waals surface area contributed by atoms with E-state index in [0.29, 0.717) is 12.1 Å². The Kier molecular flexibility index (Phi) is 3.75. The first kappa shape index (κ1) is 12.5. The molecule has 0 spiro atoms. The Bertz CT molecular complexity index is 346. The molecule has 2 atom stereocenters. The molecular formula is C14H25N3. The molecule has 96 valence electrons. The molecule has 1 saturated carbocycles. The van der Waals surface area contributed by atoms with Gasteiger partial charge in [0.1, 0.15) is 0 Å². The molecular weight excluding hydrogens is 210 g/mol. The van der Waals surface area contributed by atoms with Gasteiger partial charge in [-0.3, -0.25) is 0 Å². The van der Waals surface area contributed by atoms with Gasteiger partial charge >= 0.3 is 0 Å². The maximum atomic E-state index is 4.43. The second kappa shape index (κ2) is 5.11. The van der Waals surface area contributed by atoms with Crippen molar-refractivity contribution in [2.75, 3.05) is 5.32 Å². The molecule has 17 heavy (non-hydrogen) atoms. The Balaban J connectivity index is 2.02. The number of anilines is 1. The maximum Gasteiger partial charge on any atom is 0.203 e. The summed E-state index contributed by atoms with van der Waals surface area (Å²) < 4.78 is 2.21. The lowest BCUT2D eigenvalue weighted by Gasteiger charge is -2.32. The van der Waals surface area contributed by atoms with E-state index in [2.05, 4.69) is 48.8 Å². The van der Waals surface area contributed by atoms with E-state index in [4.69, 9.17) is 0 Å². The Morgan fingerprint density at radius 2 is 1.88 bits per heavy atom. The third-order valence-corrected chi connectivity index (χ3v) is 3.74. The number of rotatable bonds is 3. The zero-order valence-corrected chi connectivity index (χ0v) is 11.5. The van der Waals surface area contributed by atoms with Crippen molar-refractivity contribution in [3.05, 3.63) is 12.4 Å². The van der Waals surface area contributed by atoms with Crippen LogP contribution >= 0.6 is 0 Å². The largest absolute Gasteiger partial charge is 0.353 e. The smallest absolute Gasteiger partial charge is 0.203 e. The predicted molar refractivity (Wildman–Crippen MR) is 72.2 cm³/mol. The number of imidazole rings is 1. The van der Waals surface area contributed by atoms with Gasteiger partial charge in [0, 0.05) is 24.5 Å². The first-order chi connectivity index (χ1) is 8.06. The average Bonchev–Trinajstić information content (AvgIpc) is 2.63. The monoisotopic (exact) mass is 235 g/mol. The number of nitrogens with one attached hydrogen (secondary N) is 1. The fraction of sp³-hybridized carbons (Fsp3) is 0.786. The fourth-order valence-electron chi connectivity index (χ4n) is 3.09. The van der Waals surface area contributed by atoms with Crippen LogP contribution in [-0.2, 0) is 0 Å². The summed E-state index contributed by atoms with van der Waals surface area (Å²) in [5.41, 5.74) is 0. The molecule has 2 unspecified atom stereocenters. The summed E-state index contributed by atoms with van der Waals surface area (Å²) in [5, 5.41) is 3.62. The van der Waals surface area contributed by atoms with E-state index in [1.807, 2.05) is 6.20 Å². The van der Waals surface area contributed by atoms with Crippen molar-refractivity contribution < 1.29 is 0 Å². The van der Waals surface area contributed by atoms with Gasteiger partial charge in [-0.05, 0) is 44.9 Å². The van der Waals surface area contributed by atoms with Gasteiger partial charge in [0.25, 0.3) is 0 Å². The molecule has 2 rings (SSSR count). The minimum Gasteiger partial charge on any atom is -0.353 e. The quantitative estimate of drug-likeness (QED) is 0.865. The molecule has 1 heterocycles. The third kappa shape index (κ3) is 3.02. The average molecular weight is 235 g/mol. The van der Waals surface area contributed by atoms with Crippen LogP contribution < -0.4 is 5.32 Å². The topological polar surface area (TPSA) is 29.9 Å². The Morgan fingerprint density at radius 3 is 2.47 bits per heavy atom. The molecule has 1 aliphatic carbocycles. The summed E-state index contributed by atoms with van der Waals surface area (Å²) in [5.74, 6) is 2.70. The lowest BCUT2D eigenvalue weighted by Crippen LogP contribution is -2.31. The van der Waals surface area contributed by atoms with Crippen LogP contribution in [-0.4, -0.2) is 15.6 Å². The highest BCUT2D eigenvalue weighted by Crippen LogP contribution is 2.30. The van der Waals surface area contributed by atoms with Gasteiger partial charge in [-0.1, -0.05) is 13.8 Å². The van der Waals surface area contributed by atoms with E-state index in [0.717, 1.165) is 17.8 Å². The number of hydrogen-bond donors (Lipinski definition) is 1. The van der Waals surface area contributed by atoms with Gasteiger partial charge in [-0.25, -0.2) is 4.98 Å². The van der Waals surface area contributed by atoms with Crippen molar-refractivity contribution >= 4 is 5.95 Å². The Morgan fingerprint density at radius 1 is 1.24 bits per heavy atom. The van der Waals surface area contributed by atoms with Gasteiger partial charge < -0.3 is 9.88 Å². The molecule has 3 heteroatoms. The van der Waals surface area contributed by atoms with Crippen LogP contribution in [0.4, 0.5) is 5.95 Å². The number of nitrogens with zero attached hydrogens (tertiary/aromatic N) is 2. The first-order valence-electron chi connectivity index (χ1n) is 6.85. The van der Waals surface area contributed by atoms with Crippen LogP contribution in [0, 0.1) is 11.8 Å². The van der Waals surface area contributed by atoms with Gasteiger partial charge in [0.05, 0.1) is 0 Å². The van der Waals surface area contributed by atoms with E-state index in [1.165, 1.54) is 19.3 Å². The molecule has 1 aliphatic rings. The molecule has 0 bridgehead atoms. The van der Waals surface area contributed by atoms with E-state index < -0.39 is 0 Å². The maximum absolute atomic E-state index is 4.43. The van der Waals surface area contributed by atoms with Gasteiger partial charge in [0.2, 0.25) is 5.95 Å². The van der Waals surface area contributed by atoms with Gasteiger partial charge in [-0.2, -0.15) is 0 Å². The van der Waals surface area contributed by atoms with Crippen LogP contribution in [0.25, 0.3) is 0 Å². The summed E-state index contributed by atoms with van der Waals surface area (Å²) in [7, 11) is 0. The van der Waals surface area contributed by atoms with Crippen molar-refractivity contribution in [3.63, 3.8) is 0 Å². The third-order valence-electron chi connectivity index (χ3n) is 3.74. The second-order valence-electron chi connectivity index (χ2n) is 6.01. The summed E-state index contributed by atoms with van der Waals surface area (Å²) in [6, 6.07) is 1.06. The minimum absolute atomic E-state index is 0.471. The van der Waals surface area contributed by atoms with Gasteiger partial charge in [0.15, 0.2) is 0 Å². The van der Waals surface area contributed by atoms with E-state index in [-0.39, 0.29) is 0 Å². The molecule has 1 N–H and O–H groups in total. The predicted octanol–water partition coefficient (Wildman–Crippen LogP) is 3.70. The molecule has 1 fully saturated rings. The van der Waals surface area contributed by atoms with E-state index in [1.54, 1.807) is 0 Å². The highest BCUT2D eigenvalue weighted by molar-refractivity contribution is 5.28. The molecule has 0 aromatic carbocycles. The highest BCUT2D eigenvalue weighted by Gasteiger charge is 2.24. The molecule has 0 radical (unpaired) electrons. The number of hydrogen-bond acceptors (Lipinski definition) is 2. The van der Waals surface area contributed by atoms with Crippen LogP contribution in [0.1, 0.15) is 53.0 Å². The second-order valence-corrected chi connectivity index (χ2v) is 6.01. The first-order valence-corrected chi connectivity index (χ1v) is 6.85. The SMILES string of the molecule is CC1CC(C)CC(Nc2nccn2C(C)C)C1. The summed E-state index contributed by atoms with van der Waals surface area (Å²) in [4.78, 5) is 4.43. The summed E-state index contributed by atoms with van der Waals surface area (Å²) >= 11 is 0. The van der Waals surface area contributed by atoms with Crippen molar-refractivity contribution in [1.29, 1.82) is 0 Å². The van der Waals surface area contributed by atoms with Crippen LogP contribution in [0.5, 0.6) is 0 Å². The molecule has 1 aromatic rings. The van der Waals surface area contributed by atoms with Crippen LogP contribution in [0.3, 0.4) is 0 Å². The standard InChI is InChI=1S/C14H25N3/c1-10(2)17-6-5-15-14(17)16-13-8-11(3)7-12(4)9-13/h5-6,10-13H,7-9H2,1-4H3,(H,15,16). The highest BCUT2D eigenvalue weighted by atomic mass is 15.2. The zero-order valence-electron chi connectivity index (χ0n) is 11.5. The van der Waals surface area contributed by atoms with E-state index >= 15 is 0 Å². The van der Waals surface area contributed by atoms with Crippen molar-refractivity contribution in [2.24, 2.45) is 11.8 Å². The van der Waals surface area contributed by atoms with Crippen molar-refractivity contribution in [1.82, 2.24) is 9.55 Å². The van der Waals surface area contributed by atoms with Crippen LogP contribution in [0.2, 0.25) is 0 Å². The van der Waals surface area contributed by atoms with Crippen LogP contribution in [0.15, 0.2) is 12.4 Å². The lowest BCUT2D eigenvalue weighted by molar-refractivity contribution is 0.279. The number of aromatic nitrogens is 2. The molecule has 0 saturated heterocycles. The minimum atomic E-state index is 0.471. The van der Waals surface area contributed by atoms with Crippen molar-refractivity contribution in [2.45, 2.75) is 59.0 Å². The summed E-state index contributed by atoms with van der Waals surface area (Å²) in [6.07, 6.45) is 7.86. The normalized spacial score (nSPS) is 29.6. The lowest BCUT2D eigenvalue weighted by atomic mass is 9.80. The molecule has 0 aliphatic heterocycles. The van der Waals surface area contributed by atoms with Gasteiger partial charge in [-0.15, -0.1) is 0 Å². The summed E-state index contributed by atoms with van der Waals surface area (Å²) in [6.45, 7) is 9.11. The zero-order chi connectivity index (χ0) is 12.4. The Labute approximate surface area is 105 Å². The molecule has 0 amide bonds. The molecule has 1 aromatic heterocycles. The van der Waals surface area contributed by atoms with Crippen molar-refractivity contribution in [3.8, 4) is 0 Å². The molecule has 3 nitrogen and oxygen atoms in total. The fourth-order valence-corrected chi connectivity index (χ4v) is 3.09.